The highest BCUT2D eigenvalue weighted by atomic mass is 32.2. The lowest BCUT2D eigenvalue weighted by Gasteiger charge is -2.31. The second kappa shape index (κ2) is 6.59. The average Bonchev–Trinajstić information content (AvgIpc) is 2.96. The Balaban J connectivity index is 1.71. The molecule has 1 saturated heterocycles. The number of hydrogen-bond acceptors (Lipinski definition) is 3. The van der Waals surface area contributed by atoms with Crippen LogP contribution in [0.5, 0.6) is 0 Å². The molecule has 126 valence electrons. The molecule has 1 aliphatic rings. The molecular weight excluding hydrogens is 319 g/mol. The molecule has 1 aromatic heterocycles. The van der Waals surface area contributed by atoms with E-state index in [1.54, 1.807) is 10.4 Å². The SMILES string of the molecule is COCCS(=O)(=O)N1CCC(c2c[nH]c3cc(F)ccc23)CC1. The standard InChI is InChI=1S/C16H21FN2O3S/c1-22-8-9-23(20,21)19-6-4-12(5-7-19)15-11-18-16-10-13(17)2-3-14(15)16/h2-3,10-12,18H,4-9H2,1H3. The van der Waals surface area contributed by atoms with Crippen LogP contribution in [0, 0.1) is 5.82 Å². The topological polar surface area (TPSA) is 62.4 Å². The summed E-state index contributed by atoms with van der Waals surface area (Å²) < 4.78 is 44.1. The predicted octanol–water partition coefficient (Wildman–Crippen LogP) is 2.46. The smallest absolute Gasteiger partial charge is 0.216 e. The molecule has 2 heterocycles. The van der Waals surface area contributed by atoms with Gasteiger partial charge in [0.15, 0.2) is 0 Å². The molecule has 0 unspecified atom stereocenters. The molecule has 7 heteroatoms. The zero-order valence-corrected chi connectivity index (χ0v) is 13.9. The Morgan fingerprint density at radius 2 is 2.09 bits per heavy atom. The summed E-state index contributed by atoms with van der Waals surface area (Å²) in [6.45, 7) is 1.26. The minimum Gasteiger partial charge on any atom is -0.384 e. The average molecular weight is 340 g/mol. The summed E-state index contributed by atoms with van der Waals surface area (Å²) in [4.78, 5) is 3.11. The molecule has 23 heavy (non-hydrogen) atoms. The number of aromatic nitrogens is 1. The predicted molar refractivity (Wildman–Crippen MR) is 87.5 cm³/mol. The van der Waals surface area contributed by atoms with Crippen LogP contribution in [0.25, 0.3) is 10.9 Å². The number of fused-ring (bicyclic) bond motifs is 1. The molecule has 1 N–H and O–H groups in total. The van der Waals surface area contributed by atoms with Gasteiger partial charge in [0.2, 0.25) is 10.0 Å². The van der Waals surface area contributed by atoms with Crippen LogP contribution in [0.3, 0.4) is 0 Å². The van der Waals surface area contributed by atoms with Crippen LogP contribution in [-0.4, -0.2) is 50.3 Å². The minimum atomic E-state index is -3.23. The van der Waals surface area contributed by atoms with Crippen molar-refractivity contribution in [2.24, 2.45) is 0 Å². The first kappa shape index (κ1) is 16.4. The Morgan fingerprint density at radius 3 is 2.78 bits per heavy atom. The second-order valence-electron chi connectivity index (χ2n) is 5.92. The lowest BCUT2D eigenvalue weighted by molar-refractivity contribution is 0.214. The molecule has 1 aromatic carbocycles. The summed E-state index contributed by atoms with van der Waals surface area (Å²) in [7, 11) is -1.73. The first-order valence-corrected chi connectivity index (χ1v) is 9.35. The Morgan fingerprint density at radius 1 is 1.35 bits per heavy atom. The lowest BCUT2D eigenvalue weighted by atomic mass is 9.90. The number of ether oxygens (including phenoxy) is 1. The molecule has 3 rings (SSSR count). The number of aromatic amines is 1. The fraction of sp³-hybridized carbons (Fsp3) is 0.500. The summed E-state index contributed by atoms with van der Waals surface area (Å²) in [6.07, 6.45) is 3.47. The van der Waals surface area contributed by atoms with Crippen LogP contribution in [0.15, 0.2) is 24.4 Å². The van der Waals surface area contributed by atoms with Gasteiger partial charge in [0, 0.05) is 37.3 Å². The Hall–Kier alpha value is -1.44. The summed E-state index contributed by atoms with van der Waals surface area (Å²) in [5.41, 5.74) is 1.93. The van der Waals surface area contributed by atoms with Gasteiger partial charge in [0.25, 0.3) is 0 Å². The molecule has 0 radical (unpaired) electrons. The lowest BCUT2D eigenvalue weighted by Crippen LogP contribution is -2.39. The molecule has 2 aromatic rings. The number of methoxy groups -OCH3 is 1. The van der Waals surface area contributed by atoms with E-state index in [0.717, 1.165) is 29.3 Å². The van der Waals surface area contributed by atoms with E-state index in [1.165, 1.54) is 19.2 Å². The van der Waals surface area contributed by atoms with Gasteiger partial charge in [-0.3, -0.25) is 0 Å². The van der Waals surface area contributed by atoms with Crippen LogP contribution < -0.4 is 0 Å². The van der Waals surface area contributed by atoms with Gasteiger partial charge in [0.05, 0.1) is 12.4 Å². The van der Waals surface area contributed by atoms with Gasteiger partial charge in [0.1, 0.15) is 5.82 Å². The monoisotopic (exact) mass is 340 g/mol. The van der Waals surface area contributed by atoms with Crippen molar-refractivity contribution in [3.05, 3.63) is 35.8 Å². The van der Waals surface area contributed by atoms with Gasteiger partial charge < -0.3 is 9.72 Å². The molecular formula is C16H21FN2O3S. The van der Waals surface area contributed by atoms with Crippen molar-refractivity contribution in [2.75, 3.05) is 32.6 Å². The number of benzene rings is 1. The van der Waals surface area contributed by atoms with Crippen LogP contribution in [0.2, 0.25) is 0 Å². The number of nitrogens with one attached hydrogen (secondary N) is 1. The highest BCUT2D eigenvalue weighted by Gasteiger charge is 2.29. The maximum atomic E-state index is 13.3. The molecule has 0 amide bonds. The largest absolute Gasteiger partial charge is 0.384 e. The summed E-state index contributed by atoms with van der Waals surface area (Å²) in [5.74, 6) is 0.0635. The van der Waals surface area contributed by atoms with Gasteiger partial charge in [-0.1, -0.05) is 0 Å². The number of rotatable bonds is 5. The summed E-state index contributed by atoms with van der Waals surface area (Å²) in [5, 5.41) is 1.02. The van der Waals surface area contributed by atoms with Gasteiger partial charge >= 0.3 is 0 Å². The zero-order valence-electron chi connectivity index (χ0n) is 13.1. The van der Waals surface area contributed by atoms with E-state index >= 15 is 0 Å². The van der Waals surface area contributed by atoms with Gasteiger partial charge in [-0.05, 0) is 42.5 Å². The van der Waals surface area contributed by atoms with Crippen molar-refractivity contribution in [1.29, 1.82) is 0 Å². The quantitative estimate of drug-likeness (QED) is 0.909. The number of nitrogens with zero attached hydrogens (tertiary/aromatic N) is 1. The molecule has 1 aliphatic heterocycles. The zero-order chi connectivity index (χ0) is 16.4. The number of hydrogen-bond donors (Lipinski definition) is 1. The third kappa shape index (κ3) is 3.41. The number of H-pyrrole nitrogens is 1. The van der Waals surface area contributed by atoms with E-state index in [1.807, 2.05) is 6.20 Å². The molecule has 1 fully saturated rings. The molecule has 0 saturated carbocycles. The fourth-order valence-corrected chi connectivity index (χ4v) is 4.62. The molecule has 5 nitrogen and oxygen atoms in total. The van der Waals surface area contributed by atoms with Crippen molar-refractivity contribution in [3.63, 3.8) is 0 Å². The first-order chi connectivity index (χ1) is 11.0. The number of sulfonamides is 1. The van der Waals surface area contributed by atoms with Gasteiger partial charge in [-0.2, -0.15) is 0 Å². The van der Waals surface area contributed by atoms with E-state index in [4.69, 9.17) is 4.74 Å². The van der Waals surface area contributed by atoms with Crippen LogP contribution >= 0.6 is 0 Å². The van der Waals surface area contributed by atoms with E-state index in [2.05, 4.69) is 4.98 Å². The minimum absolute atomic E-state index is 0.0283. The van der Waals surface area contributed by atoms with Crippen molar-refractivity contribution in [2.45, 2.75) is 18.8 Å². The van der Waals surface area contributed by atoms with Crippen molar-refractivity contribution < 1.29 is 17.5 Å². The Labute approximate surface area is 135 Å². The Bertz CT molecular complexity index is 780. The highest BCUT2D eigenvalue weighted by Crippen LogP contribution is 2.34. The molecule has 0 bridgehead atoms. The normalized spacial score (nSPS) is 17.8. The molecule has 0 spiro atoms. The van der Waals surface area contributed by atoms with E-state index in [-0.39, 0.29) is 18.2 Å². The molecule has 0 aliphatic carbocycles. The van der Waals surface area contributed by atoms with E-state index in [9.17, 15) is 12.8 Å². The van der Waals surface area contributed by atoms with Gasteiger partial charge in [-0.25, -0.2) is 17.1 Å². The maximum Gasteiger partial charge on any atom is 0.216 e. The van der Waals surface area contributed by atoms with Crippen molar-refractivity contribution in [1.82, 2.24) is 9.29 Å². The summed E-state index contributed by atoms with van der Waals surface area (Å²) >= 11 is 0. The molecule has 0 atom stereocenters. The number of piperidine rings is 1. The van der Waals surface area contributed by atoms with Crippen molar-refractivity contribution in [3.8, 4) is 0 Å². The van der Waals surface area contributed by atoms with Crippen LogP contribution in [-0.2, 0) is 14.8 Å². The van der Waals surface area contributed by atoms with Crippen LogP contribution in [0.4, 0.5) is 4.39 Å². The second-order valence-corrected chi connectivity index (χ2v) is 8.00. The third-order valence-electron chi connectivity index (χ3n) is 4.51. The van der Waals surface area contributed by atoms with E-state index < -0.39 is 10.0 Å². The van der Waals surface area contributed by atoms with Crippen molar-refractivity contribution >= 4 is 20.9 Å². The van der Waals surface area contributed by atoms with Gasteiger partial charge in [-0.15, -0.1) is 0 Å². The fourth-order valence-electron chi connectivity index (χ4n) is 3.22. The van der Waals surface area contributed by atoms with Crippen LogP contribution in [0.1, 0.15) is 24.3 Å². The number of halogens is 1. The maximum absolute atomic E-state index is 13.3. The highest BCUT2D eigenvalue weighted by molar-refractivity contribution is 7.89. The van der Waals surface area contributed by atoms with E-state index in [0.29, 0.717) is 19.0 Å². The summed E-state index contributed by atoms with van der Waals surface area (Å²) in [6, 6.07) is 4.74. The third-order valence-corrected chi connectivity index (χ3v) is 6.34. The Kier molecular flexibility index (Phi) is 4.70. The first-order valence-electron chi connectivity index (χ1n) is 7.74.